The Labute approximate surface area is 212 Å². The third-order valence-electron chi connectivity index (χ3n) is 7.79. The van der Waals surface area contributed by atoms with Crippen molar-refractivity contribution in [1.82, 2.24) is 14.9 Å². The third-order valence-corrected chi connectivity index (χ3v) is 7.79. The second kappa shape index (κ2) is 9.55. The van der Waals surface area contributed by atoms with Gasteiger partial charge in [0, 0.05) is 44.0 Å². The van der Waals surface area contributed by atoms with Gasteiger partial charge in [0.15, 0.2) is 0 Å². The summed E-state index contributed by atoms with van der Waals surface area (Å²) in [5.74, 6) is 1.91. The number of hydrogen-bond acceptors (Lipinski definition) is 7. The van der Waals surface area contributed by atoms with Gasteiger partial charge in [-0.1, -0.05) is 6.58 Å². The molecule has 4 fully saturated rings. The maximum absolute atomic E-state index is 13.1. The maximum Gasteiger partial charge on any atom is 0.225 e. The minimum absolute atomic E-state index is 0.0892. The zero-order valence-electron chi connectivity index (χ0n) is 20.5. The molecule has 4 aliphatic rings. The molecule has 1 amide bonds. The van der Waals surface area contributed by atoms with Crippen LogP contribution in [0, 0.1) is 17.2 Å². The number of hydrogen-bond donors (Lipinski definition) is 1. The summed E-state index contributed by atoms with van der Waals surface area (Å²) >= 11 is 0. The van der Waals surface area contributed by atoms with Crippen molar-refractivity contribution < 1.29 is 9.53 Å². The molecule has 0 bridgehead atoms. The van der Waals surface area contributed by atoms with E-state index in [2.05, 4.69) is 32.7 Å². The SMILES string of the molecule is C=Cc1cc(Nc2cc(C#N)c(N3CCN(C(=O)C[C@@H]4CCO4)[C@H](C4CC4)C3)nc2C2CC2)ccn1. The highest BCUT2D eigenvalue weighted by Crippen LogP contribution is 2.45. The van der Waals surface area contributed by atoms with Crippen molar-refractivity contribution in [2.24, 2.45) is 5.92 Å². The Hall–Kier alpha value is -3.44. The lowest BCUT2D eigenvalue weighted by molar-refractivity contribution is -0.142. The molecule has 0 radical (unpaired) electrons. The minimum atomic E-state index is 0.0892. The fourth-order valence-electron chi connectivity index (χ4n) is 5.36. The van der Waals surface area contributed by atoms with Crippen LogP contribution in [0.1, 0.15) is 61.4 Å². The van der Waals surface area contributed by atoms with Crippen LogP contribution in [0.3, 0.4) is 0 Å². The number of nitriles is 1. The van der Waals surface area contributed by atoms with Gasteiger partial charge in [-0.3, -0.25) is 9.78 Å². The van der Waals surface area contributed by atoms with Crippen LogP contribution in [-0.2, 0) is 9.53 Å². The molecule has 0 spiro atoms. The van der Waals surface area contributed by atoms with Crippen molar-refractivity contribution in [2.45, 2.75) is 56.6 Å². The monoisotopic (exact) mass is 484 g/mol. The second-order valence-corrected chi connectivity index (χ2v) is 10.4. The number of pyridine rings is 2. The summed E-state index contributed by atoms with van der Waals surface area (Å²) in [5, 5.41) is 13.6. The van der Waals surface area contributed by atoms with E-state index in [1.165, 1.54) is 0 Å². The minimum Gasteiger partial charge on any atom is -0.377 e. The number of carbonyl (C=O) groups excluding carboxylic acids is 1. The molecule has 186 valence electrons. The van der Waals surface area contributed by atoms with Crippen LogP contribution < -0.4 is 10.2 Å². The second-order valence-electron chi connectivity index (χ2n) is 10.4. The number of anilines is 3. The molecule has 2 saturated heterocycles. The highest BCUT2D eigenvalue weighted by Gasteiger charge is 2.42. The molecule has 0 aromatic carbocycles. The van der Waals surface area contributed by atoms with Crippen LogP contribution in [0.2, 0.25) is 0 Å². The maximum atomic E-state index is 13.1. The Morgan fingerprint density at radius 2 is 2.08 bits per heavy atom. The number of piperazine rings is 1. The molecule has 2 aliphatic carbocycles. The van der Waals surface area contributed by atoms with Crippen molar-refractivity contribution >= 4 is 29.2 Å². The lowest BCUT2D eigenvalue weighted by atomic mass is 10.0. The van der Waals surface area contributed by atoms with E-state index in [1.54, 1.807) is 12.3 Å². The van der Waals surface area contributed by atoms with Gasteiger partial charge in [-0.2, -0.15) is 5.26 Å². The lowest BCUT2D eigenvalue weighted by Crippen LogP contribution is -2.57. The summed E-state index contributed by atoms with van der Waals surface area (Å²) in [6, 6.07) is 8.37. The van der Waals surface area contributed by atoms with E-state index in [4.69, 9.17) is 9.72 Å². The molecule has 2 atom stereocenters. The number of nitrogens with one attached hydrogen (secondary N) is 1. The molecule has 2 saturated carbocycles. The molecule has 36 heavy (non-hydrogen) atoms. The van der Waals surface area contributed by atoms with Gasteiger partial charge >= 0.3 is 0 Å². The van der Waals surface area contributed by atoms with Crippen LogP contribution in [0.25, 0.3) is 6.08 Å². The number of nitrogens with zero attached hydrogens (tertiary/aromatic N) is 5. The Morgan fingerprint density at radius 1 is 1.25 bits per heavy atom. The highest BCUT2D eigenvalue weighted by molar-refractivity contribution is 5.78. The van der Waals surface area contributed by atoms with Crippen molar-refractivity contribution in [2.75, 3.05) is 36.5 Å². The van der Waals surface area contributed by atoms with Crippen molar-refractivity contribution in [3.63, 3.8) is 0 Å². The molecule has 2 aromatic rings. The Bertz CT molecular complexity index is 1210. The smallest absolute Gasteiger partial charge is 0.225 e. The van der Waals surface area contributed by atoms with E-state index < -0.39 is 0 Å². The highest BCUT2D eigenvalue weighted by atomic mass is 16.5. The first kappa shape index (κ1) is 23.0. The summed E-state index contributed by atoms with van der Waals surface area (Å²) in [4.78, 5) is 26.8. The fourth-order valence-corrected chi connectivity index (χ4v) is 5.36. The van der Waals surface area contributed by atoms with Gasteiger partial charge in [0.05, 0.1) is 41.2 Å². The standard InChI is InChI=1S/C28H32N6O2/c1-2-21-14-22(7-9-30-21)31-24-13-20(16-29)28(32-27(24)19-5-6-19)33-10-11-34(25(17-33)18-3-4-18)26(35)15-23-8-12-36-23/h2,7,9,13-14,18-19,23,25H,1,3-6,8,10-12,15,17H2,(H,30,31)/t23-,25-/m0/s1. The van der Waals surface area contributed by atoms with Crippen LogP contribution >= 0.6 is 0 Å². The topological polar surface area (TPSA) is 94.4 Å². The van der Waals surface area contributed by atoms with E-state index in [-0.39, 0.29) is 18.1 Å². The summed E-state index contributed by atoms with van der Waals surface area (Å²) in [6.07, 6.45) is 9.56. The number of ether oxygens (including phenoxy) is 1. The summed E-state index contributed by atoms with van der Waals surface area (Å²) in [7, 11) is 0. The first-order valence-electron chi connectivity index (χ1n) is 13.1. The molecule has 2 aromatic heterocycles. The predicted molar refractivity (Wildman–Crippen MR) is 138 cm³/mol. The summed E-state index contributed by atoms with van der Waals surface area (Å²) < 4.78 is 5.51. The van der Waals surface area contributed by atoms with Gasteiger partial charge in [0.1, 0.15) is 11.9 Å². The predicted octanol–water partition coefficient (Wildman–Crippen LogP) is 4.22. The van der Waals surface area contributed by atoms with Gasteiger partial charge < -0.3 is 19.9 Å². The number of aromatic nitrogens is 2. The Kier molecular flexibility index (Phi) is 6.10. The van der Waals surface area contributed by atoms with Gasteiger partial charge in [-0.05, 0) is 62.3 Å². The zero-order chi connectivity index (χ0) is 24.6. The third kappa shape index (κ3) is 4.68. The molecular formula is C28H32N6O2. The van der Waals surface area contributed by atoms with Gasteiger partial charge in [-0.25, -0.2) is 4.98 Å². The Morgan fingerprint density at radius 3 is 2.75 bits per heavy atom. The number of carbonyl (C=O) groups is 1. The van der Waals surface area contributed by atoms with Crippen LogP contribution in [0.15, 0.2) is 31.0 Å². The molecular weight excluding hydrogens is 452 g/mol. The molecule has 8 nitrogen and oxygen atoms in total. The molecule has 2 aliphatic heterocycles. The van der Waals surface area contributed by atoms with E-state index in [0.29, 0.717) is 36.9 Å². The van der Waals surface area contributed by atoms with E-state index in [0.717, 1.165) is 73.8 Å². The van der Waals surface area contributed by atoms with Gasteiger partial charge in [-0.15, -0.1) is 0 Å². The van der Waals surface area contributed by atoms with E-state index >= 15 is 0 Å². The quantitative estimate of drug-likeness (QED) is 0.599. The van der Waals surface area contributed by atoms with Crippen molar-refractivity contribution in [1.29, 1.82) is 5.26 Å². The molecule has 1 N–H and O–H groups in total. The van der Waals surface area contributed by atoms with Crippen molar-refractivity contribution in [3.05, 3.63) is 47.9 Å². The number of rotatable bonds is 8. The Balaban J connectivity index is 1.26. The van der Waals surface area contributed by atoms with Crippen molar-refractivity contribution in [3.8, 4) is 6.07 Å². The van der Waals surface area contributed by atoms with E-state index in [9.17, 15) is 10.1 Å². The van der Waals surface area contributed by atoms with E-state index in [1.807, 2.05) is 18.2 Å². The summed E-state index contributed by atoms with van der Waals surface area (Å²) in [5.41, 5.74) is 4.16. The number of amides is 1. The zero-order valence-corrected chi connectivity index (χ0v) is 20.5. The first-order valence-corrected chi connectivity index (χ1v) is 13.1. The largest absolute Gasteiger partial charge is 0.377 e. The molecule has 6 rings (SSSR count). The van der Waals surface area contributed by atoms with Crippen LogP contribution in [0.5, 0.6) is 0 Å². The molecule has 0 unspecified atom stereocenters. The normalized spacial score (nSPS) is 23.5. The first-order chi connectivity index (χ1) is 17.6. The van der Waals surface area contributed by atoms with Crippen LogP contribution in [0.4, 0.5) is 17.2 Å². The molecule has 4 heterocycles. The lowest BCUT2D eigenvalue weighted by Gasteiger charge is -2.43. The average Bonchev–Trinajstić information content (AvgIpc) is 3.79. The average molecular weight is 485 g/mol. The van der Waals surface area contributed by atoms with Gasteiger partial charge in [0.2, 0.25) is 5.91 Å². The summed E-state index contributed by atoms with van der Waals surface area (Å²) in [6.45, 7) is 6.66. The van der Waals surface area contributed by atoms with Crippen LogP contribution in [-0.4, -0.2) is 59.2 Å². The van der Waals surface area contributed by atoms with Gasteiger partial charge in [0.25, 0.3) is 0 Å². The molecule has 8 heteroatoms. The fraction of sp³-hybridized carbons (Fsp3) is 0.500.